The Bertz CT molecular complexity index is 501. The van der Waals surface area contributed by atoms with Gasteiger partial charge in [-0.1, -0.05) is 12.1 Å². The molecule has 1 atom stereocenters. The van der Waals surface area contributed by atoms with Crippen molar-refractivity contribution in [1.29, 1.82) is 0 Å². The van der Waals surface area contributed by atoms with Crippen LogP contribution in [0.1, 0.15) is 27.6 Å². The largest absolute Gasteiger partial charge is 0.479 e. The zero-order chi connectivity index (χ0) is 18.5. The van der Waals surface area contributed by atoms with Crippen LogP contribution in [0.3, 0.4) is 0 Å². The fourth-order valence-corrected chi connectivity index (χ4v) is 1.27. The molecule has 0 radical (unpaired) electrons. The van der Waals surface area contributed by atoms with Gasteiger partial charge in [-0.2, -0.15) is 0 Å². The fourth-order valence-electron chi connectivity index (χ4n) is 1.27. The molecule has 0 aromatic heterocycles. The van der Waals surface area contributed by atoms with E-state index in [-0.39, 0.29) is 37.6 Å². The molecule has 1 unspecified atom stereocenters. The third-order valence-electron chi connectivity index (χ3n) is 2.37. The van der Waals surface area contributed by atoms with Crippen LogP contribution in [0, 0.1) is 0 Å². The molecule has 1 aromatic carbocycles. The molecule has 4 N–H and O–H groups in total. The van der Waals surface area contributed by atoms with Gasteiger partial charge in [-0.05, 0) is 19.1 Å². The molecule has 1 aromatic rings. The summed E-state index contributed by atoms with van der Waals surface area (Å²) in [4.78, 5) is 32.7. The maximum absolute atomic E-state index is 11.6. The van der Waals surface area contributed by atoms with Crippen molar-refractivity contribution in [3.63, 3.8) is 0 Å². The highest BCUT2D eigenvalue weighted by Crippen LogP contribution is 2.11. The highest BCUT2D eigenvalue weighted by Gasteiger charge is 2.18. The second-order valence-electron chi connectivity index (χ2n) is 4.28. The Morgan fingerprint density at radius 2 is 1.29 bits per heavy atom. The summed E-state index contributed by atoms with van der Waals surface area (Å²) in [6, 6.07) is 6.02. The zero-order valence-corrected chi connectivity index (χ0v) is 13.0. The van der Waals surface area contributed by atoms with Gasteiger partial charge in [0.1, 0.15) is 19.3 Å². The van der Waals surface area contributed by atoms with Gasteiger partial charge in [0.15, 0.2) is 0 Å². The van der Waals surface area contributed by atoms with Gasteiger partial charge in [0.05, 0.1) is 24.3 Å². The molecule has 0 saturated carbocycles. The first-order valence-electron chi connectivity index (χ1n) is 6.91. The smallest absolute Gasteiger partial charge is 0.339 e. The lowest BCUT2D eigenvalue weighted by Gasteiger charge is -2.08. The van der Waals surface area contributed by atoms with Crippen molar-refractivity contribution in [2.75, 3.05) is 26.4 Å². The topological polar surface area (TPSA) is 151 Å². The summed E-state index contributed by atoms with van der Waals surface area (Å²) < 4.78 is 9.45. The van der Waals surface area contributed by atoms with E-state index in [2.05, 4.69) is 0 Å². The van der Waals surface area contributed by atoms with Gasteiger partial charge in [0, 0.05) is 0 Å². The van der Waals surface area contributed by atoms with Gasteiger partial charge in [0.25, 0.3) is 0 Å². The summed E-state index contributed by atoms with van der Waals surface area (Å²) >= 11 is 0. The van der Waals surface area contributed by atoms with Crippen LogP contribution < -0.4 is 0 Å². The van der Waals surface area contributed by atoms with Gasteiger partial charge in [0.2, 0.25) is 0 Å². The Hall–Kier alpha value is -2.49. The van der Waals surface area contributed by atoms with Crippen molar-refractivity contribution in [2.24, 2.45) is 0 Å². The molecule has 0 heterocycles. The molecule has 134 valence electrons. The van der Waals surface area contributed by atoms with Crippen molar-refractivity contribution in [2.45, 2.75) is 13.0 Å². The second-order valence-corrected chi connectivity index (χ2v) is 4.28. The summed E-state index contributed by atoms with van der Waals surface area (Å²) in [5.41, 5.74) is 0.128. The summed E-state index contributed by atoms with van der Waals surface area (Å²) in [7, 11) is 0. The molecule has 1 rings (SSSR count). The van der Waals surface area contributed by atoms with Gasteiger partial charge in [-0.25, -0.2) is 14.4 Å². The Labute approximate surface area is 138 Å². The van der Waals surface area contributed by atoms with Gasteiger partial charge >= 0.3 is 17.9 Å². The maximum Gasteiger partial charge on any atom is 0.339 e. The number of hydrogen-bond acceptors (Lipinski definition) is 8. The molecular formula is C15H20O9. The molecule has 0 bridgehead atoms. The SMILES string of the molecule is CC(O)C(=O)O.O=C(OCCO)c1ccccc1C(=O)OCCO. The first kappa shape index (κ1) is 21.5. The predicted octanol–water partition coefficient (Wildman–Crippen LogP) is -0.563. The average Bonchev–Trinajstić information content (AvgIpc) is 2.57. The normalized spacial score (nSPS) is 10.8. The number of carbonyl (C=O) groups is 3. The fraction of sp³-hybridized carbons (Fsp3) is 0.400. The standard InChI is InChI=1S/C12H14O6.C3H6O3/c13-5-7-17-11(15)9-3-1-2-4-10(9)12(16)18-8-6-14;1-2(4)3(5)6/h1-4,13-14H,5-8H2;2,4H,1H3,(H,5,6). The first-order chi connectivity index (χ1) is 11.3. The molecule has 0 amide bonds. The molecule has 9 heteroatoms. The van der Waals surface area contributed by atoms with E-state index in [1.54, 1.807) is 12.1 Å². The van der Waals surface area contributed by atoms with Crippen molar-refractivity contribution >= 4 is 17.9 Å². The van der Waals surface area contributed by atoms with Crippen molar-refractivity contribution in [3.05, 3.63) is 35.4 Å². The Kier molecular flexibility index (Phi) is 10.8. The quantitative estimate of drug-likeness (QED) is 0.477. The molecule has 0 aliphatic rings. The van der Waals surface area contributed by atoms with Crippen LogP contribution in [0.25, 0.3) is 0 Å². The predicted molar refractivity (Wildman–Crippen MR) is 80.5 cm³/mol. The number of hydrogen-bond donors (Lipinski definition) is 4. The minimum absolute atomic E-state index is 0.0638. The molecule has 9 nitrogen and oxygen atoms in total. The van der Waals surface area contributed by atoms with Crippen LogP contribution in [-0.4, -0.2) is 70.9 Å². The first-order valence-corrected chi connectivity index (χ1v) is 6.91. The highest BCUT2D eigenvalue weighted by molar-refractivity contribution is 6.03. The van der Waals surface area contributed by atoms with E-state index in [0.717, 1.165) is 0 Å². The summed E-state index contributed by atoms with van der Waals surface area (Å²) in [5.74, 6) is -2.60. The summed E-state index contributed by atoms with van der Waals surface area (Å²) in [6.45, 7) is 0.339. The third kappa shape index (κ3) is 8.22. The van der Waals surface area contributed by atoms with Crippen LogP contribution in [-0.2, 0) is 14.3 Å². The van der Waals surface area contributed by atoms with Gasteiger partial charge in [-0.15, -0.1) is 0 Å². The lowest BCUT2D eigenvalue weighted by molar-refractivity contribution is -0.145. The summed E-state index contributed by atoms with van der Waals surface area (Å²) in [5, 5.41) is 32.9. The Balaban J connectivity index is 0.000000754. The number of esters is 2. The van der Waals surface area contributed by atoms with Crippen LogP contribution >= 0.6 is 0 Å². The number of aliphatic carboxylic acids is 1. The van der Waals surface area contributed by atoms with Gasteiger partial charge < -0.3 is 29.9 Å². The van der Waals surface area contributed by atoms with Crippen molar-refractivity contribution in [1.82, 2.24) is 0 Å². The average molecular weight is 344 g/mol. The lowest BCUT2D eigenvalue weighted by atomic mass is 10.1. The number of carboxylic acid groups (broad SMARTS) is 1. The monoisotopic (exact) mass is 344 g/mol. The van der Waals surface area contributed by atoms with Crippen LogP contribution in [0.15, 0.2) is 24.3 Å². The van der Waals surface area contributed by atoms with Crippen molar-refractivity contribution in [3.8, 4) is 0 Å². The van der Waals surface area contributed by atoms with Crippen LogP contribution in [0.4, 0.5) is 0 Å². The van der Waals surface area contributed by atoms with E-state index in [1.807, 2.05) is 0 Å². The minimum Gasteiger partial charge on any atom is -0.479 e. The number of carboxylic acids is 1. The van der Waals surface area contributed by atoms with Crippen molar-refractivity contribution < 1.29 is 44.3 Å². The van der Waals surface area contributed by atoms with E-state index in [4.69, 9.17) is 29.9 Å². The number of benzene rings is 1. The van der Waals surface area contributed by atoms with E-state index >= 15 is 0 Å². The summed E-state index contributed by atoms with van der Waals surface area (Å²) in [6.07, 6.45) is -1.23. The number of carbonyl (C=O) groups excluding carboxylic acids is 2. The molecule has 24 heavy (non-hydrogen) atoms. The molecule has 0 aliphatic heterocycles. The zero-order valence-electron chi connectivity index (χ0n) is 13.0. The number of aliphatic hydroxyl groups excluding tert-OH is 3. The van der Waals surface area contributed by atoms with E-state index in [1.165, 1.54) is 19.1 Å². The van der Waals surface area contributed by atoms with E-state index < -0.39 is 24.0 Å². The van der Waals surface area contributed by atoms with Gasteiger partial charge in [-0.3, -0.25) is 0 Å². The molecular weight excluding hydrogens is 324 g/mol. The number of ether oxygens (including phenoxy) is 2. The molecule has 0 aliphatic carbocycles. The maximum atomic E-state index is 11.6. The second kappa shape index (κ2) is 12.0. The van der Waals surface area contributed by atoms with Crippen LogP contribution in [0.2, 0.25) is 0 Å². The molecule has 0 saturated heterocycles. The third-order valence-corrected chi connectivity index (χ3v) is 2.37. The van der Waals surface area contributed by atoms with E-state index in [0.29, 0.717) is 0 Å². The number of aliphatic hydroxyl groups is 3. The Morgan fingerprint density at radius 3 is 1.54 bits per heavy atom. The molecule has 0 spiro atoms. The van der Waals surface area contributed by atoms with Crippen LogP contribution in [0.5, 0.6) is 0 Å². The highest BCUT2D eigenvalue weighted by atomic mass is 16.5. The van der Waals surface area contributed by atoms with E-state index in [9.17, 15) is 14.4 Å². The lowest BCUT2D eigenvalue weighted by Crippen LogP contribution is -2.16. The Morgan fingerprint density at radius 1 is 0.958 bits per heavy atom. The number of rotatable bonds is 7. The molecule has 0 fully saturated rings. The minimum atomic E-state index is -1.23.